The first-order chi connectivity index (χ1) is 18.5. The zero-order chi connectivity index (χ0) is 26.2. The summed E-state index contributed by atoms with van der Waals surface area (Å²) >= 11 is 6.83. The van der Waals surface area contributed by atoms with E-state index in [1.807, 2.05) is 95.2 Å². The van der Waals surface area contributed by atoms with Gasteiger partial charge in [0, 0.05) is 23.0 Å². The van der Waals surface area contributed by atoms with Gasteiger partial charge in [-0.05, 0) is 50.3 Å². The highest BCUT2D eigenvalue weighted by molar-refractivity contribution is 7.73. The van der Waals surface area contributed by atoms with Gasteiger partial charge in [0.2, 0.25) is 0 Å². The normalized spacial score (nSPS) is 11.5. The summed E-state index contributed by atoms with van der Waals surface area (Å²) in [4.78, 5) is 18.2. The molecule has 0 amide bonds. The van der Waals surface area contributed by atoms with E-state index in [0.29, 0.717) is 20.1 Å². The Morgan fingerprint density at radius 1 is 0.895 bits per heavy atom. The zero-order valence-corrected chi connectivity index (χ0v) is 22.3. The lowest BCUT2D eigenvalue weighted by Gasteiger charge is -2.06. The third-order valence-electron chi connectivity index (χ3n) is 6.16. The maximum Gasteiger partial charge on any atom is 0.293 e. The maximum atomic E-state index is 13.5. The minimum atomic E-state index is -0.262. The van der Waals surface area contributed by atoms with Crippen molar-refractivity contribution in [3.8, 4) is 22.6 Å². The van der Waals surface area contributed by atoms with Gasteiger partial charge >= 0.3 is 0 Å². The van der Waals surface area contributed by atoms with E-state index >= 15 is 0 Å². The second-order valence-corrected chi connectivity index (χ2v) is 10.4. The first-order valence-corrected chi connectivity index (χ1v) is 13.2. The predicted octanol–water partition coefficient (Wildman–Crippen LogP) is 6.33. The van der Waals surface area contributed by atoms with Gasteiger partial charge in [-0.25, -0.2) is 9.67 Å². The Balaban J connectivity index is 1.47. The smallest absolute Gasteiger partial charge is 0.275 e. The lowest BCUT2D eigenvalue weighted by molar-refractivity contribution is 0.768. The Bertz CT molecular complexity index is 1910. The SMILES string of the molecule is Cc1ccc(-c2nn(-c3ccccc3)cc2/C=N/n2c(C)nc3c(sc(=S)n3-c3ccccc3)c2=O)cc1. The fraction of sp³-hybridized carbons (Fsp3) is 0.0690. The average molecular weight is 535 g/mol. The van der Waals surface area contributed by atoms with Gasteiger partial charge < -0.3 is 0 Å². The van der Waals surface area contributed by atoms with Crippen molar-refractivity contribution in [2.45, 2.75) is 13.8 Å². The summed E-state index contributed by atoms with van der Waals surface area (Å²) in [7, 11) is 0. The first-order valence-electron chi connectivity index (χ1n) is 12.0. The largest absolute Gasteiger partial charge is 0.293 e. The summed E-state index contributed by atoms with van der Waals surface area (Å²) in [5, 5.41) is 9.42. The van der Waals surface area contributed by atoms with E-state index in [2.05, 4.69) is 17.2 Å². The minimum absolute atomic E-state index is 0.262. The molecule has 0 bridgehead atoms. The lowest BCUT2D eigenvalue weighted by Crippen LogP contribution is -2.20. The maximum absolute atomic E-state index is 13.5. The van der Waals surface area contributed by atoms with Crippen molar-refractivity contribution < 1.29 is 0 Å². The monoisotopic (exact) mass is 534 g/mol. The number of para-hydroxylation sites is 2. The van der Waals surface area contributed by atoms with Gasteiger partial charge in [-0.15, -0.1) is 0 Å². The number of benzene rings is 3. The van der Waals surface area contributed by atoms with Crippen LogP contribution in [0.4, 0.5) is 0 Å². The molecule has 38 heavy (non-hydrogen) atoms. The molecule has 7 nitrogen and oxygen atoms in total. The molecule has 3 aromatic heterocycles. The molecule has 6 rings (SSSR count). The molecular weight excluding hydrogens is 512 g/mol. The molecule has 0 spiro atoms. The Labute approximate surface area is 227 Å². The summed E-state index contributed by atoms with van der Waals surface area (Å²) in [6, 6.07) is 27.7. The third-order valence-corrected chi connectivity index (χ3v) is 7.51. The summed E-state index contributed by atoms with van der Waals surface area (Å²) in [5.74, 6) is 0.462. The van der Waals surface area contributed by atoms with Crippen LogP contribution < -0.4 is 5.56 Å². The number of aryl methyl sites for hydroxylation is 2. The van der Waals surface area contributed by atoms with Crippen molar-refractivity contribution in [2.75, 3.05) is 0 Å². The van der Waals surface area contributed by atoms with Gasteiger partial charge in [0.05, 0.1) is 11.9 Å². The van der Waals surface area contributed by atoms with Crippen LogP contribution in [0, 0.1) is 17.8 Å². The fourth-order valence-electron chi connectivity index (χ4n) is 4.24. The number of thiazole rings is 1. The molecule has 0 aliphatic carbocycles. The number of rotatable bonds is 5. The van der Waals surface area contributed by atoms with Gasteiger partial charge in [-0.3, -0.25) is 9.36 Å². The molecule has 6 aromatic rings. The highest BCUT2D eigenvalue weighted by atomic mass is 32.1. The Morgan fingerprint density at radius 2 is 1.55 bits per heavy atom. The van der Waals surface area contributed by atoms with E-state index in [-0.39, 0.29) is 5.56 Å². The van der Waals surface area contributed by atoms with Crippen molar-refractivity contribution in [3.05, 3.63) is 122 Å². The number of hydrogen-bond acceptors (Lipinski definition) is 6. The number of nitrogens with zero attached hydrogens (tertiary/aromatic N) is 6. The van der Waals surface area contributed by atoms with Gasteiger partial charge in [-0.1, -0.05) is 77.6 Å². The Hall–Kier alpha value is -4.47. The van der Waals surface area contributed by atoms with Crippen LogP contribution in [0.25, 0.3) is 33.0 Å². The molecule has 0 N–H and O–H groups in total. The van der Waals surface area contributed by atoms with Gasteiger partial charge in [-0.2, -0.15) is 14.9 Å². The van der Waals surface area contributed by atoms with Crippen LogP contribution in [0.15, 0.2) is 101 Å². The van der Waals surface area contributed by atoms with Crippen molar-refractivity contribution >= 4 is 40.1 Å². The first kappa shape index (κ1) is 23.9. The van der Waals surface area contributed by atoms with Crippen LogP contribution in [0.5, 0.6) is 0 Å². The van der Waals surface area contributed by atoms with Crippen molar-refractivity contribution in [3.63, 3.8) is 0 Å². The van der Waals surface area contributed by atoms with E-state index in [1.54, 1.807) is 13.1 Å². The molecule has 0 unspecified atom stereocenters. The molecule has 186 valence electrons. The highest BCUT2D eigenvalue weighted by Gasteiger charge is 2.16. The Morgan fingerprint density at radius 3 is 2.24 bits per heavy atom. The van der Waals surface area contributed by atoms with Crippen LogP contribution in [0.1, 0.15) is 17.0 Å². The standard InChI is InChI=1S/C29H22N6OS2/c1-19-13-15-21(16-14-19)25-22(18-33(32-25)23-9-5-3-6-10-23)17-30-35-20(2)31-27-26(28(35)36)38-29(37)34(27)24-11-7-4-8-12-24/h3-18H,1-2H3/b30-17+. The van der Waals surface area contributed by atoms with Crippen LogP contribution >= 0.6 is 23.6 Å². The van der Waals surface area contributed by atoms with Gasteiger partial charge in [0.15, 0.2) is 9.60 Å². The molecule has 9 heteroatoms. The van der Waals surface area contributed by atoms with Crippen LogP contribution in [0.3, 0.4) is 0 Å². The molecule has 0 aliphatic heterocycles. The van der Waals surface area contributed by atoms with E-state index in [9.17, 15) is 4.79 Å². The second kappa shape index (κ2) is 9.77. The Kier molecular flexibility index (Phi) is 6.15. The zero-order valence-electron chi connectivity index (χ0n) is 20.6. The quantitative estimate of drug-likeness (QED) is 0.191. The molecule has 0 saturated heterocycles. The fourth-order valence-corrected chi connectivity index (χ4v) is 5.54. The van der Waals surface area contributed by atoms with E-state index < -0.39 is 0 Å². The van der Waals surface area contributed by atoms with E-state index in [0.717, 1.165) is 33.8 Å². The van der Waals surface area contributed by atoms with Crippen LogP contribution in [0.2, 0.25) is 0 Å². The van der Waals surface area contributed by atoms with Crippen LogP contribution in [-0.4, -0.2) is 30.2 Å². The van der Waals surface area contributed by atoms with Gasteiger partial charge in [0.1, 0.15) is 16.2 Å². The lowest BCUT2D eigenvalue weighted by atomic mass is 10.1. The minimum Gasteiger partial charge on any atom is -0.275 e. The summed E-state index contributed by atoms with van der Waals surface area (Å²) in [6.07, 6.45) is 3.58. The summed E-state index contributed by atoms with van der Waals surface area (Å²) < 4.78 is 5.99. The third kappa shape index (κ3) is 4.31. The molecule has 3 aromatic carbocycles. The van der Waals surface area contributed by atoms with Crippen molar-refractivity contribution in [2.24, 2.45) is 5.10 Å². The van der Waals surface area contributed by atoms with Crippen LogP contribution in [-0.2, 0) is 0 Å². The number of aromatic nitrogens is 5. The molecule has 0 saturated carbocycles. The van der Waals surface area contributed by atoms with Crippen molar-refractivity contribution in [1.29, 1.82) is 0 Å². The summed E-state index contributed by atoms with van der Waals surface area (Å²) in [5.41, 5.74) is 5.74. The van der Waals surface area contributed by atoms with Gasteiger partial charge in [0.25, 0.3) is 5.56 Å². The van der Waals surface area contributed by atoms with Crippen molar-refractivity contribution in [1.82, 2.24) is 24.0 Å². The summed E-state index contributed by atoms with van der Waals surface area (Å²) in [6.45, 7) is 3.82. The molecule has 3 heterocycles. The van der Waals surface area contributed by atoms with E-state index in [4.69, 9.17) is 22.3 Å². The molecule has 0 aliphatic rings. The molecule has 0 fully saturated rings. The van der Waals surface area contributed by atoms with E-state index in [1.165, 1.54) is 16.0 Å². The average Bonchev–Trinajstić information content (AvgIpc) is 3.51. The second-order valence-electron chi connectivity index (χ2n) is 8.79. The molecule has 0 atom stereocenters. The molecular formula is C29H22N6OS2. The number of hydrogen-bond donors (Lipinski definition) is 0. The number of fused-ring (bicyclic) bond motifs is 1. The molecule has 0 radical (unpaired) electrons. The highest BCUT2D eigenvalue weighted by Crippen LogP contribution is 2.25. The predicted molar refractivity (Wildman–Crippen MR) is 156 cm³/mol. The topological polar surface area (TPSA) is 70.0 Å².